The number of carbonyl (C=O) groups is 1. The number of hydrogen-bond donors (Lipinski definition) is 2. The predicted molar refractivity (Wildman–Crippen MR) is 107 cm³/mol. The Balaban J connectivity index is 2.01. The van der Waals surface area contributed by atoms with Crippen molar-refractivity contribution in [3.05, 3.63) is 65.2 Å². The number of esters is 1. The lowest BCUT2D eigenvalue weighted by Crippen LogP contribution is -2.38. The number of hydrogen-bond acceptors (Lipinski definition) is 4. The highest BCUT2D eigenvalue weighted by atomic mass is 16.5. The Morgan fingerprint density at radius 2 is 1.81 bits per heavy atom. The van der Waals surface area contributed by atoms with Crippen LogP contribution in [0, 0.1) is 0 Å². The van der Waals surface area contributed by atoms with Gasteiger partial charge in [0.2, 0.25) is 0 Å². The topological polar surface area (TPSA) is 72.0 Å². The molecule has 0 bridgehead atoms. The molecular formula is C21H27N3O3. The summed E-state index contributed by atoms with van der Waals surface area (Å²) in [4.78, 5) is 16.5. The lowest BCUT2D eigenvalue weighted by molar-refractivity contribution is 0.0597. The van der Waals surface area contributed by atoms with Crippen molar-refractivity contribution in [3.63, 3.8) is 0 Å². The van der Waals surface area contributed by atoms with E-state index in [1.807, 2.05) is 31.2 Å². The van der Waals surface area contributed by atoms with Crippen molar-refractivity contribution in [2.75, 3.05) is 27.3 Å². The van der Waals surface area contributed by atoms with Gasteiger partial charge in [-0.3, -0.25) is 0 Å². The Kier molecular flexibility index (Phi) is 8.16. The van der Waals surface area contributed by atoms with E-state index in [9.17, 15) is 4.79 Å². The minimum Gasteiger partial charge on any atom is -0.496 e. The summed E-state index contributed by atoms with van der Waals surface area (Å²) >= 11 is 0. The quantitative estimate of drug-likeness (QED) is 0.425. The molecule has 2 rings (SSSR count). The van der Waals surface area contributed by atoms with E-state index in [4.69, 9.17) is 9.47 Å². The van der Waals surface area contributed by atoms with Gasteiger partial charge >= 0.3 is 5.97 Å². The summed E-state index contributed by atoms with van der Waals surface area (Å²) in [6.07, 6.45) is 0.917. The van der Waals surface area contributed by atoms with E-state index in [-0.39, 0.29) is 0 Å². The van der Waals surface area contributed by atoms with E-state index in [1.165, 1.54) is 19.8 Å². The molecule has 0 aliphatic rings. The van der Waals surface area contributed by atoms with Crippen LogP contribution >= 0.6 is 0 Å². The van der Waals surface area contributed by atoms with Crippen molar-refractivity contribution >= 4 is 11.9 Å². The van der Waals surface area contributed by atoms with Crippen LogP contribution in [-0.4, -0.2) is 39.2 Å². The molecule has 6 nitrogen and oxygen atoms in total. The van der Waals surface area contributed by atoms with Crippen LogP contribution in [0.2, 0.25) is 0 Å². The molecule has 0 radical (unpaired) electrons. The molecule has 0 aliphatic heterocycles. The van der Waals surface area contributed by atoms with Gasteiger partial charge in [-0.25, -0.2) is 9.79 Å². The van der Waals surface area contributed by atoms with Gasteiger partial charge in [0.05, 0.1) is 20.8 Å². The molecule has 0 atom stereocenters. The first-order valence-corrected chi connectivity index (χ1v) is 8.99. The Morgan fingerprint density at radius 3 is 2.48 bits per heavy atom. The van der Waals surface area contributed by atoms with Gasteiger partial charge in [0, 0.05) is 13.1 Å². The Labute approximate surface area is 160 Å². The van der Waals surface area contributed by atoms with Gasteiger partial charge < -0.3 is 20.1 Å². The molecule has 0 amide bonds. The fraction of sp³-hybridized carbons (Fsp3) is 0.333. The molecule has 0 aliphatic carbocycles. The van der Waals surface area contributed by atoms with Crippen molar-refractivity contribution in [2.45, 2.75) is 19.9 Å². The summed E-state index contributed by atoms with van der Waals surface area (Å²) in [7, 11) is 2.88. The Morgan fingerprint density at radius 1 is 1.04 bits per heavy atom. The van der Waals surface area contributed by atoms with Gasteiger partial charge in [-0.05, 0) is 36.6 Å². The normalized spacial score (nSPS) is 11.0. The van der Waals surface area contributed by atoms with Crippen LogP contribution in [0.25, 0.3) is 0 Å². The van der Waals surface area contributed by atoms with Crippen molar-refractivity contribution in [1.29, 1.82) is 0 Å². The van der Waals surface area contributed by atoms with Crippen LogP contribution in [0.4, 0.5) is 0 Å². The number of guanidine groups is 1. The number of benzene rings is 2. The highest BCUT2D eigenvalue weighted by molar-refractivity contribution is 5.92. The molecule has 0 saturated carbocycles. The standard InChI is InChI=1S/C21H27N3O3/c1-4-22-21(23-13-12-16-8-6-5-7-9-16)24-15-17-10-11-19(26-2)18(14-17)20(25)27-3/h5-11,14H,4,12-13,15H2,1-3H3,(H2,22,23,24). The SMILES string of the molecule is CCNC(=NCc1ccc(OC)c(C(=O)OC)c1)NCCc1ccccc1. The van der Waals surface area contributed by atoms with Crippen molar-refractivity contribution in [3.8, 4) is 5.75 Å². The molecule has 0 unspecified atom stereocenters. The molecule has 6 heteroatoms. The minimum absolute atomic E-state index is 0.398. The second kappa shape index (κ2) is 10.9. The van der Waals surface area contributed by atoms with Gasteiger partial charge in [-0.2, -0.15) is 0 Å². The summed E-state index contributed by atoms with van der Waals surface area (Å²) in [6.45, 7) is 4.02. The van der Waals surface area contributed by atoms with Crippen molar-refractivity contribution < 1.29 is 14.3 Å². The van der Waals surface area contributed by atoms with E-state index in [0.717, 1.165) is 31.0 Å². The lowest BCUT2D eigenvalue weighted by Gasteiger charge is -2.12. The van der Waals surface area contributed by atoms with Gasteiger partial charge in [0.25, 0.3) is 0 Å². The third-order valence-corrected chi connectivity index (χ3v) is 3.98. The fourth-order valence-corrected chi connectivity index (χ4v) is 2.60. The average Bonchev–Trinajstić information content (AvgIpc) is 2.72. The molecule has 2 aromatic carbocycles. The summed E-state index contributed by atoms with van der Waals surface area (Å²) in [6, 6.07) is 15.7. The Bertz CT molecular complexity index is 761. The van der Waals surface area contributed by atoms with Crippen LogP contribution in [0.5, 0.6) is 5.75 Å². The van der Waals surface area contributed by atoms with Crippen LogP contribution in [0.3, 0.4) is 0 Å². The molecule has 27 heavy (non-hydrogen) atoms. The zero-order valence-electron chi connectivity index (χ0n) is 16.1. The molecular weight excluding hydrogens is 342 g/mol. The first kappa shape index (κ1) is 20.3. The maximum absolute atomic E-state index is 11.9. The second-order valence-corrected chi connectivity index (χ2v) is 5.88. The molecule has 0 heterocycles. The van der Waals surface area contributed by atoms with Crippen molar-refractivity contribution in [1.82, 2.24) is 10.6 Å². The second-order valence-electron chi connectivity index (χ2n) is 5.88. The maximum Gasteiger partial charge on any atom is 0.341 e. The lowest BCUT2D eigenvalue weighted by atomic mass is 10.1. The number of rotatable bonds is 8. The molecule has 0 spiro atoms. The van der Waals surface area contributed by atoms with E-state index < -0.39 is 5.97 Å². The minimum atomic E-state index is -0.425. The van der Waals surface area contributed by atoms with Gasteiger partial charge in [-0.1, -0.05) is 36.4 Å². The van der Waals surface area contributed by atoms with Crippen LogP contribution in [0.1, 0.15) is 28.4 Å². The highest BCUT2D eigenvalue weighted by Gasteiger charge is 2.13. The Hall–Kier alpha value is -3.02. The highest BCUT2D eigenvalue weighted by Crippen LogP contribution is 2.21. The molecule has 0 saturated heterocycles. The number of ether oxygens (including phenoxy) is 2. The number of carbonyl (C=O) groups excluding carboxylic acids is 1. The first-order chi connectivity index (χ1) is 13.2. The van der Waals surface area contributed by atoms with Crippen LogP contribution in [0.15, 0.2) is 53.5 Å². The van der Waals surface area contributed by atoms with Crippen LogP contribution in [-0.2, 0) is 17.7 Å². The summed E-state index contributed by atoms with van der Waals surface area (Å²) in [5.74, 6) is 0.803. The third kappa shape index (κ3) is 6.33. The number of aliphatic imine (C=N–C) groups is 1. The third-order valence-electron chi connectivity index (χ3n) is 3.98. The average molecular weight is 369 g/mol. The number of methoxy groups -OCH3 is 2. The van der Waals surface area contributed by atoms with Crippen LogP contribution < -0.4 is 15.4 Å². The van der Waals surface area contributed by atoms with E-state index in [1.54, 1.807) is 12.1 Å². The largest absolute Gasteiger partial charge is 0.496 e. The van der Waals surface area contributed by atoms with Gasteiger partial charge in [0.1, 0.15) is 11.3 Å². The monoisotopic (exact) mass is 369 g/mol. The summed E-state index contributed by atoms with van der Waals surface area (Å²) < 4.78 is 10.0. The zero-order valence-corrected chi connectivity index (χ0v) is 16.1. The summed E-state index contributed by atoms with van der Waals surface area (Å²) in [5.41, 5.74) is 2.57. The van der Waals surface area contributed by atoms with Gasteiger partial charge in [-0.15, -0.1) is 0 Å². The zero-order chi connectivity index (χ0) is 19.5. The smallest absolute Gasteiger partial charge is 0.341 e. The van der Waals surface area contributed by atoms with Gasteiger partial charge in [0.15, 0.2) is 5.96 Å². The molecule has 144 valence electrons. The predicted octanol–water partition coefficient (Wildman–Crippen LogP) is 2.78. The molecule has 0 aromatic heterocycles. The number of nitrogens with one attached hydrogen (secondary N) is 2. The molecule has 2 aromatic rings. The maximum atomic E-state index is 11.9. The van der Waals surface area contributed by atoms with E-state index in [2.05, 4.69) is 27.8 Å². The molecule has 2 N–H and O–H groups in total. The first-order valence-electron chi connectivity index (χ1n) is 8.99. The summed E-state index contributed by atoms with van der Waals surface area (Å²) in [5, 5.41) is 6.57. The van der Waals surface area contributed by atoms with E-state index >= 15 is 0 Å². The van der Waals surface area contributed by atoms with E-state index in [0.29, 0.717) is 17.9 Å². The molecule has 0 fully saturated rings. The fourth-order valence-electron chi connectivity index (χ4n) is 2.60. The number of nitrogens with zero attached hydrogens (tertiary/aromatic N) is 1. The van der Waals surface area contributed by atoms with Crippen molar-refractivity contribution in [2.24, 2.45) is 4.99 Å².